The highest BCUT2D eigenvalue weighted by Gasteiger charge is 2.14. The standard InChI is InChI=1S/C12H23N.C2H6/c1-5-11(3)12-6-7-13(4)9-10(2)8-12;1-2/h8,10-11H,5-7,9H2,1-4H3;1-2H3. The second-order valence-electron chi connectivity index (χ2n) is 4.54. The zero-order valence-electron chi connectivity index (χ0n) is 11.5. The van der Waals surface area contributed by atoms with Gasteiger partial charge in [-0.15, -0.1) is 0 Å². The molecule has 0 fully saturated rings. The summed E-state index contributed by atoms with van der Waals surface area (Å²) in [6.07, 6.45) is 5.05. The molecule has 0 saturated heterocycles. The van der Waals surface area contributed by atoms with Crippen LogP contribution < -0.4 is 0 Å². The van der Waals surface area contributed by atoms with Crippen molar-refractivity contribution in [1.29, 1.82) is 0 Å². The molecular weight excluding hydrogens is 182 g/mol. The lowest BCUT2D eigenvalue weighted by atomic mass is 9.93. The van der Waals surface area contributed by atoms with Crippen LogP contribution in [0.3, 0.4) is 0 Å². The summed E-state index contributed by atoms with van der Waals surface area (Å²) in [5.41, 5.74) is 1.68. The minimum atomic E-state index is 0.733. The van der Waals surface area contributed by atoms with Crippen LogP contribution in [0.1, 0.15) is 47.5 Å². The molecule has 0 aromatic heterocycles. The summed E-state index contributed by atoms with van der Waals surface area (Å²) in [5.74, 6) is 1.52. The highest BCUT2D eigenvalue weighted by Crippen LogP contribution is 2.23. The second-order valence-corrected chi connectivity index (χ2v) is 4.54. The predicted octanol–water partition coefficient (Wildman–Crippen LogP) is 3.96. The summed E-state index contributed by atoms with van der Waals surface area (Å²) in [5, 5.41) is 0. The Kier molecular flexibility index (Phi) is 7.76. The number of nitrogens with zero attached hydrogens (tertiary/aromatic N) is 1. The SMILES string of the molecule is CC.CCC(C)C1=CC(C)CN(C)CC1. The lowest BCUT2D eigenvalue weighted by Crippen LogP contribution is -2.22. The van der Waals surface area contributed by atoms with Crippen LogP contribution in [0.25, 0.3) is 0 Å². The monoisotopic (exact) mass is 211 g/mol. The highest BCUT2D eigenvalue weighted by atomic mass is 15.1. The van der Waals surface area contributed by atoms with E-state index in [0.717, 1.165) is 11.8 Å². The van der Waals surface area contributed by atoms with Crippen LogP contribution in [0.2, 0.25) is 0 Å². The van der Waals surface area contributed by atoms with E-state index in [2.05, 4.69) is 38.8 Å². The van der Waals surface area contributed by atoms with Gasteiger partial charge in [0, 0.05) is 13.1 Å². The lowest BCUT2D eigenvalue weighted by Gasteiger charge is -2.15. The van der Waals surface area contributed by atoms with E-state index < -0.39 is 0 Å². The summed E-state index contributed by atoms with van der Waals surface area (Å²) in [7, 11) is 2.23. The minimum absolute atomic E-state index is 0.733. The molecule has 1 aliphatic heterocycles. The van der Waals surface area contributed by atoms with E-state index in [9.17, 15) is 0 Å². The Morgan fingerprint density at radius 3 is 2.60 bits per heavy atom. The van der Waals surface area contributed by atoms with Crippen molar-refractivity contribution in [2.24, 2.45) is 11.8 Å². The summed E-state index contributed by atoms with van der Waals surface area (Å²) >= 11 is 0. The van der Waals surface area contributed by atoms with E-state index in [1.165, 1.54) is 25.9 Å². The summed E-state index contributed by atoms with van der Waals surface area (Å²) in [4.78, 5) is 2.44. The maximum atomic E-state index is 2.50. The molecule has 2 unspecified atom stereocenters. The smallest absolute Gasteiger partial charge is 0.00388 e. The Bertz CT molecular complexity index is 184. The Hall–Kier alpha value is -0.300. The van der Waals surface area contributed by atoms with Gasteiger partial charge in [-0.25, -0.2) is 0 Å². The molecule has 1 rings (SSSR count). The van der Waals surface area contributed by atoms with Gasteiger partial charge in [-0.05, 0) is 31.7 Å². The van der Waals surface area contributed by atoms with Crippen molar-refractivity contribution < 1.29 is 0 Å². The first-order valence-electron chi connectivity index (χ1n) is 6.52. The van der Waals surface area contributed by atoms with Crippen LogP contribution in [0, 0.1) is 11.8 Å². The van der Waals surface area contributed by atoms with Crippen LogP contribution in [-0.4, -0.2) is 25.0 Å². The zero-order chi connectivity index (χ0) is 11.8. The third kappa shape index (κ3) is 5.36. The normalized spacial score (nSPS) is 24.7. The Morgan fingerprint density at radius 2 is 2.07 bits per heavy atom. The summed E-state index contributed by atoms with van der Waals surface area (Å²) in [6, 6.07) is 0. The van der Waals surface area contributed by atoms with Gasteiger partial charge in [0.1, 0.15) is 0 Å². The Morgan fingerprint density at radius 1 is 1.47 bits per heavy atom. The molecule has 0 aromatic rings. The molecule has 1 heteroatoms. The average Bonchev–Trinajstić information content (AvgIpc) is 2.41. The van der Waals surface area contributed by atoms with Gasteiger partial charge in [0.05, 0.1) is 0 Å². The number of hydrogen-bond acceptors (Lipinski definition) is 1. The maximum absolute atomic E-state index is 2.50. The molecule has 0 saturated carbocycles. The molecule has 0 spiro atoms. The van der Waals surface area contributed by atoms with Crippen LogP contribution in [-0.2, 0) is 0 Å². The van der Waals surface area contributed by atoms with Crippen molar-refractivity contribution in [1.82, 2.24) is 4.90 Å². The van der Waals surface area contributed by atoms with Crippen LogP contribution in [0.15, 0.2) is 11.6 Å². The first-order valence-corrected chi connectivity index (χ1v) is 6.52. The molecule has 2 atom stereocenters. The fourth-order valence-corrected chi connectivity index (χ4v) is 2.08. The van der Waals surface area contributed by atoms with Crippen molar-refractivity contribution in [2.75, 3.05) is 20.1 Å². The van der Waals surface area contributed by atoms with Gasteiger partial charge in [-0.2, -0.15) is 0 Å². The van der Waals surface area contributed by atoms with Gasteiger partial charge in [0.2, 0.25) is 0 Å². The molecule has 1 aliphatic rings. The van der Waals surface area contributed by atoms with Gasteiger partial charge in [0.25, 0.3) is 0 Å². The van der Waals surface area contributed by atoms with Gasteiger partial charge < -0.3 is 4.90 Å². The van der Waals surface area contributed by atoms with Gasteiger partial charge in [0.15, 0.2) is 0 Å². The van der Waals surface area contributed by atoms with E-state index >= 15 is 0 Å². The Balaban J connectivity index is 0.000000921. The van der Waals surface area contributed by atoms with E-state index in [-0.39, 0.29) is 0 Å². The summed E-state index contributed by atoms with van der Waals surface area (Å²) in [6.45, 7) is 13.4. The van der Waals surface area contributed by atoms with Crippen molar-refractivity contribution in [3.05, 3.63) is 11.6 Å². The van der Waals surface area contributed by atoms with E-state index in [1.54, 1.807) is 5.57 Å². The molecule has 0 N–H and O–H groups in total. The van der Waals surface area contributed by atoms with E-state index in [0.29, 0.717) is 0 Å². The van der Waals surface area contributed by atoms with Crippen LogP contribution in [0.5, 0.6) is 0 Å². The molecule has 0 radical (unpaired) electrons. The van der Waals surface area contributed by atoms with Gasteiger partial charge in [-0.3, -0.25) is 0 Å². The number of rotatable bonds is 2. The third-order valence-electron chi connectivity index (χ3n) is 3.13. The first-order chi connectivity index (χ1) is 7.13. The molecule has 1 heterocycles. The predicted molar refractivity (Wildman–Crippen MR) is 70.2 cm³/mol. The molecule has 0 amide bonds. The minimum Gasteiger partial charge on any atom is -0.305 e. The number of hydrogen-bond donors (Lipinski definition) is 0. The van der Waals surface area contributed by atoms with Gasteiger partial charge in [-0.1, -0.05) is 46.3 Å². The lowest BCUT2D eigenvalue weighted by molar-refractivity contribution is 0.320. The van der Waals surface area contributed by atoms with Crippen LogP contribution in [0.4, 0.5) is 0 Å². The summed E-state index contributed by atoms with van der Waals surface area (Å²) < 4.78 is 0. The molecule has 0 aliphatic carbocycles. The maximum Gasteiger partial charge on any atom is 0.00388 e. The Labute approximate surface area is 96.6 Å². The fourth-order valence-electron chi connectivity index (χ4n) is 2.08. The van der Waals surface area contributed by atoms with E-state index in [4.69, 9.17) is 0 Å². The highest BCUT2D eigenvalue weighted by molar-refractivity contribution is 5.09. The van der Waals surface area contributed by atoms with Crippen molar-refractivity contribution in [3.8, 4) is 0 Å². The molecule has 1 nitrogen and oxygen atoms in total. The molecule has 0 bridgehead atoms. The topological polar surface area (TPSA) is 3.24 Å². The first kappa shape index (κ1) is 14.7. The van der Waals surface area contributed by atoms with Crippen LogP contribution >= 0.6 is 0 Å². The quantitative estimate of drug-likeness (QED) is 0.625. The second kappa shape index (κ2) is 7.92. The van der Waals surface area contributed by atoms with Crippen molar-refractivity contribution >= 4 is 0 Å². The van der Waals surface area contributed by atoms with Gasteiger partial charge >= 0.3 is 0 Å². The zero-order valence-corrected chi connectivity index (χ0v) is 11.5. The van der Waals surface area contributed by atoms with Crippen molar-refractivity contribution in [3.63, 3.8) is 0 Å². The third-order valence-corrected chi connectivity index (χ3v) is 3.13. The molecule has 90 valence electrons. The van der Waals surface area contributed by atoms with E-state index in [1.807, 2.05) is 13.8 Å². The molecule has 0 aromatic carbocycles. The molecular formula is C14H29N. The average molecular weight is 211 g/mol. The largest absolute Gasteiger partial charge is 0.305 e. The van der Waals surface area contributed by atoms with Crippen molar-refractivity contribution in [2.45, 2.75) is 47.5 Å². The molecule has 15 heavy (non-hydrogen) atoms. The fraction of sp³-hybridized carbons (Fsp3) is 0.857.